The molecular formula is C22H17ClFN3. The zero-order valence-corrected chi connectivity index (χ0v) is 15.4. The Morgan fingerprint density at radius 1 is 0.926 bits per heavy atom. The minimum Gasteiger partial charge on any atom is -0.265 e. The summed E-state index contributed by atoms with van der Waals surface area (Å²) in [6, 6.07) is 18.0. The first-order valence-electron chi connectivity index (χ1n) is 8.63. The van der Waals surface area contributed by atoms with Crippen LogP contribution in [0.1, 0.15) is 18.5 Å². The molecule has 0 spiro atoms. The largest absolute Gasteiger partial charge is 0.265 e. The van der Waals surface area contributed by atoms with Gasteiger partial charge in [0, 0.05) is 34.7 Å². The van der Waals surface area contributed by atoms with E-state index in [2.05, 4.69) is 11.9 Å². The predicted molar refractivity (Wildman–Crippen MR) is 106 cm³/mol. The van der Waals surface area contributed by atoms with Crippen LogP contribution in [0.25, 0.3) is 22.4 Å². The lowest BCUT2D eigenvalue weighted by atomic mass is 10.0. The van der Waals surface area contributed by atoms with Crippen molar-refractivity contribution >= 4 is 11.6 Å². The van der Waals surface area contributed by atoms with Gasteiger partial charge in [0.15, 0.2) is 0 Å². The minimum atomic E-state index is -0.270. The number of pyridine rings is 1. The third kappa shape index (κ3) is 3.49. The third-order valence-corrected chi connectivity index (χ3v) is 4.94. The molecule has 5 heteroatoms. The van der Waals surface area contributed by atoms with Crippen LogP contribution >= 0.6 is 11.6 Å². The summed E-state index contributed by atoms with van der Waals surface area (Å²) in [6.45, 7) is 2.05. The summed E-state index contributed by atoms with van der Waals surface area (Å²) in [5.74, 6) is -0.270. The minimum absolute atomic E-state index is 0.0477. The van der Waals surface area contributed by atoms with E-state index >= 15 is 0 Å². The summed E-state index contributed by atoms with van der Waals surface area (Å²) >= 11 is 6.38. The Labute approximate surface area is 162 Å². The van der Waals surface area contributed by atoms with Crippen molar-refractivity contribution in [3.8, 4) is 22.4 Å². The van der Waals surface area contributed by atoms with Gasteiger partial charge < -0.3 is 0 Å². The molecule has 0 aliphatic carbocycles. The molecule has 134 valence electrons. The lowest BCUT2D eigenvalue weighted by molar-refractivity contribution is 0.566. The highest BCUT2D eigenvalue weighted by Crippen LogP contribution is 2.34. The molecule has 0 aliphatic heterocycles. The molecule has 1 unspecified atom stereocenters. The van der Waals surface area contributed by atoms with E-state index < -0.39 is 0 Å². The van der Waals surface area contributed by atoms with Crippen LogP contribution in [0.3, 0.4) is 0 Å². The smallest absolute Gasteiger partial charge is 0.123 e. The second-order valence-electron chi connectivity index (χ2n) is 6.31. The van der Waals surface area contributed by atoms with Crippen LogP contribution < -0.4 is 0 Å². The molecule has 2 aromatic carbocycles. The van der Waals surface area contributed by atoms with E-state index in [4.69, 9.17) is 16.7 Å². The van der Waals surface area contributed by atoms with Gasteiger partial charge >= 0.3 is 0 Å². The van der Waals surface area contributed by atoms with Gasteiger partial charge in [0.1, 0.15) is 11.5 Å². The molecule has 0 aliphatic rings. The molecule has 2 heterocycles. The molecule has 0 radical (unpaired) electrons. The topological polar surface area (TPSA) is 30.7 Å². The number of halogens is 2. The van der Waals surface area contributed by atoms with Crippen LogP contribution in [-0.2, 0) is 0 Å². The fraction of sp³-hybridized carbons (Fsp3) is 0.0909. The van der Waals surface area contributed by atoms with Crippen LogP contribution in [0.2, 0.25) is 5.02 Å². The normalized spacial score (nSPS) is 12.1. The summed E-state index contributed by atoms with van der Waals surface area (Å²) in [5, 5.41) is 5.52. The molecule has 1 atom stereocenters. The van der Waals surface area contributed by atoms with Gasteiger partial charge in [-0.15, -0.1) is 0 Å². The summed E-state index contributed by atoms with van der Waals surface area (Å²) in [7, 11) is 0. The van der Waals surface area contributed by atoms with Crippen LogP contribution in [0.15, 0.2) is 79.3 Å². The van der Waals surface area contributed by atoms with Crippen molar-refractivity contribution in [3.05, 3.63) is 95.7 Å². The molecule has 0 saturated heterocycles. The van der Waals surface area contributed by atoms with Crippen molar-refractivity contribution in [2.45, 2.75) is 13.0 Å². The Morgan fingerprint density at radius 3 is 2.33 bits per heavy atom. The van der Waals surface area contributed by atoms with Crippen molar-refractivity contribution in [2.24, 2.45) is 0 Å². The third-order valence-electron chi connectivity index (χ3n) is 4.59. The SMILES string of the molecule is CC(c1ccccc1Cl)n1cc(-c2ccncc2)c(-c2ccc(F)cc2)n1. The second-order valence-corrected chi connectivity index (χ2v) is 6.72. The van der Waals surface area contributed by atoms with E-state index in [1.807, 2.05) is 47.3 Å². The number of aromatic nitrogens is 3. The zero-order chi connectivity index (χ0) is 18.8. The van der Waals surface area contributed by atoms with Crippen LogP contribution in [-0.4, -0.2) is 14.8 Å². The maximum Gasteiger partial charge on any atom is 0.123 e. The van der Waals surface area contributed by atoms with E-state index in [-0.39, 0.29) is 11.9 Å². The molecule has 0 bridgehead atoms. The van der Waals surface area contributed by atoms with Gasteiger partial charge in [-0.2, -0.15) is 5.10 Å². The highest BCUT2D eigenvalue weighted by atomic mass is 35.5. The summed E-state index contributed by atoms with van der Waals surface area (Å²) in [5.41, 5.74) is 4.60. The van der Waals surface area contributed by atoms with Crippen molar-refractivity contribution < 1.29 is 4.39 Å². The molecule has 2 aromatic heterocycles. The maximum atomic E-state index is 13.4. The Morgan fingerprint density at radius 2 is 1.63 bits per heavy atom. The molecule has 27 heavy (non-hydrogen) atoms. The van der Waals surface area contributed by atoms with Crippen LogP contribution in [0.4, 0.5) is 4.39 Å². The van der Waals surface area contributed by atoms with Gasteiger partial charge in [0.2, 0.25) is 0 Å². The van der Waals surface area contributed by atoms with Crippen molar-refractivity contribution in [2.75, 3.05) is 0 Å². The summed E-state index contributed by atoms with van der Waals surface area (Å²) in [4.78, 5) is 4.09. The number of benzene rings is 2. The molecule has 0 fully saturated rings. The average molecular weight is 378 g/mol. The van der Waals surface area contributed by atoms with Crippen molar-refractivity contribution in [1.82, 2.24) is 14.8 Å². The second kappa shape index (κ2) is 7.33. The first kappa shape index (κ1) is 17.4. The van der Waals surface area contributed by atoms with E-state index in [0.717, 1.165) is 27.9 Å². The average Bonchev–Trinajstić information content (AvgIpc) is 3.14. The fourth-order valence-corrected chi connectivity index (χ4v) is 3.40. The van der Waals surface area contributed by atoms with Gasteiger partial charge in [-0.05, 0) is 60.5 Å². The molecule has 3 nitrogen and oxygen atoms in total. The quantitative estimate of drug-likeness (QED) is 0.435. The maximum absolute atomic E-state index is 13.4. The van der Waals surface area contributed by atoms with Gasteiger partial charge in [-0.25, -0.2) is 4.39 Å². The summed E-state index contributed by atoms with van der Waals surface area (Å²) < 4.78 is 15.3. The van der Waals surface area contributed by atoms with Gasteiger partial charge in [0.05, 0.1) is 6.04 Å². The Hall–Kier alpha value is -2.98. The van der Waals surface area contributed by atoms with Gasteiger partial charge in [0.25, 0.3) is 0 Å². The Kier molecular flexibility index (Phi) is 4.73. The first-order chi connectivity index (χ1) is 13.1. The van der Waals surface area contributed by atoms with Gasteiger partial charge in [-0.1, -0.05) is 29.8 Å². The molecule has 0 amide bonds. The Bertz CT molecular complexity index is 1060. The Balaban J connectivity index is 1.85. The zero-order valence-electron chi connectivity index (χ0n) is 14.7. The van der Waals surface area contributed by atoms with Crippen LogP contribution in [0, 0.1) is 5.82 Å². The van der Waals surface area contributed by atoms with Crippen molar-refractivity contribution in [1.29, 1.82) is 0 Å². The van der Waals surface area contributed by atoms with E-state index in [1.165, 1.54) is 12.1 Å². The molecular weight excluding hydrogens is 361 g/mol. The van der Waals surface area contributed by atoms with Crippen molar-refractivity contribution in [3.63, 3.8) is 0 Å². The van der Waals surface area contributed by atoms with E-state index in [9.17, 15) is 4.39 Å². The number of rotatable bonds is 4. The first-order valence-corrected chi connectivity index (χ1v) is 9.01. The fourth-order valence-electron chi connectivity index (χ4n) is 3.11. The molecule has 0 N–H and O–H groups in total. The predicted octanol–water partition coefficient (Wildman–Crippen LogP) is 6.01. The van der Waals surface area contributed by atoms with E-state index in [0.29, 0.717) is 5.02 Å². The monoisotopic (exact) mass is 377 g/mol. The highest BCUT2D eigenvalue weighted by molar-refractivity contribution is 6.31. The molecule has 4 aromatic rings. The lowest BCUT2D eigenvalue weighted by Gasteiger charge is -2.14. The highest BCUT2D eigenvalue weighted by Gasteiger charge is 2.18. The summed E-state index contributed by atoms with van der Waals surface area (Å²) in [6.07, 6.45) is 5.50. The lowest BCUT2D eigenvalue weighted by Crippen LogP contribution is -2.08. The standard InChI is InChI=1S/C22H17ClFN3/c1-15(19-4-2-3-5-21(19)23)27-14-20(16-10-12-25-13-11-16)22(26-27)17-6-8-18(24)9-7-17/h2-15H,1H3. The molecule has 4 rings (SSSR count). The number of hydrogen-bond donors (Lipinski definition) is 0. The molecule has 0 saturated carbocycles. The number of nitrogens with zero attached hydrogens (tertiary/aromatic N) is 3. The number of hydrogen-bond acceptors (Lipinski definition) is 2. The van der Waals surface area contributed by atoms with Gasteiger partial charge in [-0.3, -0.25) is 9.67 Å². The van der Waals surface area contributed by atoms with E-state index in [1.54, 1.807) is 24.5 Å². The van der Waals surface area contributed by atoms with Crippen LogP contribution in [0.5, 0.6) is 0 Å².